The summed E-state index contributed by atoms with van der Waals surface area (Å²) in [6, 6.07) is 16.6. The number of rotatable bonds is 10. The molecule has 1 fully saturated rings. The van der Waals surface area contributed by atoms with Crippen LogP contribution in [0.3, 0.4) is 0 Å². The number of para-hydroxylation sites is 1. The van der Waals surface area contributed by atoms with Crippen LogP contribution in [-0.2, 0) is 14.8 Å². The van der Waals surface area contributed by atoms with Gasteiger partial charge in [-0.15, -0.1) is 0 Å². The lowest BCUT2D eigenvalue weighted by Gasteiger charge is -2.31. The quantitative estimate of drug-likeness (QED) is 0.552. The van der Waals surface area contributed by atoms with Crippen LogP contribution in [0.15, 0.2) is 59.5 Å². The predicted molar refractivity (Wildman–Crippen MR) is 126 cm³/mol. The summed E-state index contributed by atoms with van der Waals surface area (Å²) in [5, 5.41) is 3.01. The fourth-order valence-electron chi connectivity index (χ4n) is 4.01. The van der Waals surface area contributed by atoms with Gasteiger partial charge in [-0.2, -0.15) is 4.31 Å². The van der Waals surface area contributed by atoms with Gasteiger partial charge in [0.2, 0.25) is 15.9 Å². The van der Waals surface area contributed by atoms with Crippen molar-refractivity contribution in [1.82, 2.24) is 9.62 Å². The highest BCUT2D eigenvalue weighted by Crippen LogP contribution is 2.25. The van der Waals surface area contributed by atoms with Crippen LogP contribution < -0.4 is 15.0 Å². The summed E-state index contributed by atoms with van der Waals surface area (Å²) >= 11 is 0. The molecule has 0 unspecified atom stereocenters. The topological polar surface area (TPSA) is 79.0 Å². The average molecular weight is 460 g/mol. The molecule has 2 aromatic carbocycles. The number of sulfonamides is 1. The maximum atomic E-state index is 13.0. The number of benzene rings is 2. The summed E-state index contributed by atoms with van der Waals surface area (Å²) in [4.78, 5) is 15.2. The molecule has 0 bridgehead atoms. The number of ether oxygens (including phenoxy) is 1. The second-order valence-electron chi connectivity index (χ2n) is 7.94. The monoisotopic (exact) mass is 459 g/mol. The fourth-order valence-corrected chi connectivity index (χ4v) is 5.53. The Bertz CT molecular complexity index is 964. The van der Waals surface area contributed by atoms with E-state index in [9.17, 15) is 13.2 Å². The highest BCUT2D eigenvalue weighted by Gasteiger charge is 2.33. The third-order valence-electron chi connectivity index (χ3n) is 5.86. The molecular weight excluding hydrogens is 426 g/mol. The number of nitrogens with zero attached hydrogens (tertiary/aromatic N) is 2. The van der Waals surface area contributed by atoms with Crippen molar-refractivity contribution in [2.24, 2.45) is 5.92 Å². The molecule has 1 aliphatic rings. The SMILES string of the molecule is CCN(CCCNC(=O)[C@H]1CCCN(S(=O)(=O)c2ccc(OC)cc2)C1)c1ccccc1. The number of carbonyl (C=O) groups excluding carboxylic acids is 1. The second kappa shape index (κ2) is 11.3. The Hall–Kier alpha value is -2.58. The molecule has 1 heterocycles. The van der Waals surface area contributed by atoms with Crippen molar-refractivity contribution < 1.29 is 17.9 Å². The summed E-state index contributed by atoms with van der Waals surface area (Å²) in [5.41, 5.74) is 1.17. The van der Waals surface area contributed by atoms with Gasteiger partial charge in [0.1, 0.15) is 5.75 Å². The molecule has 7 nitrogen and oxygen atoms in total. The largest absolute Gasteiger partial charge is 0.497 e. The standard InChI is InChI=1S/C24H33N3O4S/c1-3-26(21-10-5-4-6-11-21)17-8-16-25-24(28)20-9-7-18-27(19-20)32(29,30)23-14-12-22(31-2)13-15-23/h4-6,10-15,20H,3,7-9,16-19H2,1-2H3,(H,25,28)/t20-/m0/s1. The second-order valence-corrected chi connectivity index (χ2v) is 9.88. The maximum Gasteiger partial charge on any atom is 0.243 e. The molecule has 1 N–H and O–H groups in total. The molecule has 3 rings (SSSR count). The lowest BCUT2D eigenvalue weighted by Crippen LogP contribution is -2.45. The highest BCUT2D eigenvalue weighted by atomic mass is 32.2. The van der Waals surface area contributed by atoms with Gasteiger partial charge >= 0.3 is 0 Å². The Balaban J connectivity index is 1.50. The molecule has 1 amide bonds. The molecule has 1 aliphatic heterocycles. The number of nitrogens with one attached hydrogen (secondary N) is 1. The Labute approximate surface area is 191 Å². The molecule has 174 valence electrons. The Morgan fingerprint density at radius 2 is 1.88 bits per heavy atom. The van der Waals surface area contributed by atoms with Crippen LogP contribution in [0.4, 0.5) is 5.69 Å². The predicted octanol–water partition coefficient (Wildman–Crippen LogP) is 3.13. The van der Waals surface area contributed by atoms with Crippen LogP contribution in [0.2, 0.25) is 0 Å². The molecule has 0 spiro atoms. The smallest absolute Gasteiger partial charge is 0.243 e. The summed E-state index contributed by atoms with van der Waals surface area (Å²) in [6.07, 6.45) is 2.20. The van der Waals surface area contributed by atoms with Crippen molar-refractivity contribution in [1.29, 1.82) is 0 Å². The third kappa shape index (κ3) is 6.01. The molecule has 0 aliphatic carbocycles. The summed E-state index contributed by atoms with van der Waals surface area (Å²) in [7, 11) is -2.09. The number of piperidine rings is 1. The minimum absolute atomic E-state index is 0.0672. The molecule has 32 heavy (non-hydrogen) atoms. The Morgan fingerprint density at radius 1 is 1.16 bits per heavy atom. The normalized spacial score (nSPS) is 17.0. The number of methoxy groups -OCH3 is 1. The van der Waals surface area contributed by atoms with Gasteiger partial charge in [0, 0.05) is 38.4 Å². The maximum absolute atomic E-state index is 13.0. The first-order valence-electron chi connectivity index (χ1n) is 11.2. The zero-order chi connectivity index (χ0) is 23.0. The van der Waals surface area contributed by atoms with Gasteiger partial charge in [-0.25, -0.2) is 8.42 Å². The molecule has 8 heteroatoms. The Morgan fingerprint density at radius 3 is 2.53 bits per heavy atom. The molecule has 0 aromatic heterocycles. The molecule has 0 radical (unpaired) electrons. The number of hydrogen-bond donors (Lipinski definition) is 1. The lowest BCUT2D eigenvalue weighted by molar-refractivity contribution is -0.126. The first-order valence-corrected chi connectivity index (χ1v) is 12.6. The van der Waals surface area contributed by atoms with Crippen molar-refractivity contribution in [3.05, 3.63) is 54.6 Å². The van der Waals surface area contributed by atoms with Crippen LogP contribution >= 0.6 is 0 Å². The minimum Gasteiger partial charge on any atom is -0.497 e. The van der Waals surface area contributed by atoms with Crippen molar-refractivity contribution in [2.75, 3.05) is 44.7 Å². The van der Waals surface area contributed by atoms with Crippen molar-refractivity contribution >= 4 is 21.6 Å². The van der Waals surface area contributed by atoms with E-state index in [2.05, 4.69) is 29.3 Å². The lowest BCUT2D eigenvalue weighted by atomic mass is 9.99. The van der Waals surface area contributed by atoms with E-state index < -0.39 is 10.0 Å². The van der Waals surface area contributed by atoms with Gasteiger partial charge in [-0.05, 0) is 62.6 Å². The third-order valence-corrected chi connectivity index (χ3v) is 7.74. The number of amides is 1. The highest BCUT2D eigenvalue weighted by molar-refractivity contribution is 7.89. The van der Waals surface area contributed by atoms with Gasteiger partial charge in [-0.3, -0.25) is 4.79 Å². The van der Waals surface area contributed by atoms with E-state index >= 15 is 0 Å². The van der Waals surface area contributed by atoms with Crippen LogP contribution in [0.25, 0.3) is 0 Å². The molecular formula is C24H33N3O4S. The van der Waals surface area contributed by atoms with E-state index in [1.165, 1.54) is 9.99 Å². The van der Waals surface area contributed by atoms with Crippen LogP contribution in [0.1, 0.15) is 26.2 Å². The first kappa shape index (κ1) is 24.1. The van der Waals surface area contributed by atoms with Gasteiger partial charge in [0.05, 0.1) is 17.9 Å². The van der Waals surface area contributed by atoms with E-state index in [-0.39, 0.29) is 23.3 Å². The number of hydrogen-bond acceptors (Lipinski definition) is 5. The minimum atomic E-state index is -3.63. The summed E-state index contributed by atoms with van der Waals surface area (Å²) in [5.74, 6) is 0.212. The molecule has 0 saturated carbocycles. The van der Waals surface area contributed by atoms with Crippen LogP contribution in [0.5, 0.6) is 5.75 Å². The molecule has 2 aromatic rings. The molecule has 1 atom stereocenters. The van der Waals surface area contributed by atoms with E-state index in [1.807, 2.05) is 18.2 Å². The first-order chi connectivity index (χ1) is 15.5. The van der Waals surface area contributed by atoms with E-state index in [4.69, 9.17) is 4.74 Å². The van der Waals surface area contributed by atoms with Crippen LogP contribution in [0, 0.1) is 5.92 Å². The van der Waals surface area contributed by atoms with Crippen molar-refractivity contribution in [3.8, 4) is 5.75 Å². The molecule has 1 saturated heterocycles. The zero-order valence-electron chi connectivity index (χ0n) is 18.9. The summed E-state index contributed by atoms with van der Waals surface area (Å²) in [6.45, 7) is 5.09. The van der Waals surface area contributed by atoms with E-state index in [0.29, 0.717) is 31.7 Å². The van der Waals surface area contributed by atoms with Crippen molar-refractivity contribution in [2.45, 2.75) is 31.1 Å². The number of anilines is 1. The van der Waals surface area contributed by atoms with E-state index in [1.54, 1.807) is 31.4 Å². The van der Waals surface area contributed by atoms with Gasteiger partial charge in [0.15, 0.2) is 0 Å². The number of carbonyl (C=O) groups is 1. The van der Waals surface area contributed by atoms with E-state index in [0.717, 1.165) is 19.5 Å². The van der Waals surface area contributed by atoms with Gasteiger partial charge in [-0.1, -0.05) is 18.2 Å². The average Bonchev–Trinajstić information content (AvgIpc) is 2.84. The van der Waals surface area contributed by atoms with Crippen molar-refractivity contribution in [3.63, 3.8) is 0 Å². The van der Waals surface area contributed by atoms with Crippen LogP contribution in [-0.4, -0.2) is 58.5 Å². The fraction of sp³-hybridized carbons (Fsp3) is 0.458. The summed E-state index contributed by atoms with van der Waals surface area (Å²) < 4.78 is 32.5. The zero-order valence-corrected chi connectivity index (χ0v) is 19.7. The van der Waals surface area contributed by atoms with Gasteiger partial charge < -0.3 is 15.0 Å². The Kier molecular flexibility index (Phi) is 8.53. The van der Waals surface area contributed by atoms with Gasteiger partial charge in [0.25, 0.3) is 0 Å².